The van der Waals surface area contributed by atoms with Crippen molar-refractivity contribution >= 4 is 5.97 Å². The average molecular weight is 169 g/mol. The molecule has 68 valence electrons. The molecule has 0 amide bonds. The second kappa shape index (κ2) is 3.05. The molecular weight excluding hydrogens is 154 g/mol. The molecule has 2 aliphatic rings. The van der Waals surface area contributed by atoms with Gasteiger partial charge < -0.3 is 4.74 Å². The Hall–Kier alpha value is -0.570. The summed E-state index contributed by atoms with van der Waals surface area (Å²) in [5, 5.41) is 0. The summed E-state index contributed by atoms with van der Waals surface area (Å²) in [6.45, 7) is 2.02. The normalized spacial score (nSPS) is 30.6. The van der Waals surface area contributed by atoms with Gasteiger partial charge in [-0.3, -0.25) is 9.69 Å². The summed E-state index contributed by atoms with van der Waals surface area (Å²) in [6, 6.07) is 0.791. The lowest BCUT2D eigenvalue weighted by molar-refractivity contribution is -0.144. The smallest absolute Gasteiger partial charge is 0.310 e. The molecule has 0 unspecified atom stereocenters. The van der Waals surface area contributed by atoms with Crippen LogP contribution in [0.5, 0.6) is 0 Å². The van der Waals surface area contributed by atoms with Gasteiger partial charge in [-0.05, 0) is 25.8 Å². The van der Waals surface area contributed by atoms with E-state index in [9.17, 15) is 4.79 Å². The van der Waals surface area contributed by atoms with Crippen molar-refractivity contribution in [3.8, 4) is 0 Å². The molecule has 0 aromatic rings. The molecule has 0 bridgehead atoms. The van der Waals surface area contributed by atoms with Crippen LogP contribution in [-0.4, -0.2) is 37.1 Å². The Morgan fingerprint density at radius 3 is 2.75 bits per heavy atom. The number of esters is 1. The lowest BCUT2D eigenvalue weighted by Crippen LogP contribution is -2.25. The minimum Gasteiger partial charge on any atom is -0.469 e. The second-order valence-corrected chi connectivity index (χ2v) is 3.73. The molecule has 1 atom stereocenters. The Bertz CT molecular complexity index is 189. The quantitative estimate of drug-likeness (QED) is 0.568. The maximum absolute atomic E-state index is 11.2. The van der Waals surface area contributed by atoms with E-state index < -0.39 is 0 Å². The molecule has 3 nitrogen and oxygen atoms in total. The van der Waals surface area contributed by atoms with Gasteiger partial charge in [0, 0.05) is 12.6 Å². The molecule has 0 aromatic carbocycles. The number of carbonyl (C=O) groups is 1. The number of ether oxygens (including phenoxy) is 1. The predicted molar refractivity (Wildman–Crippen MR) is 44.7 cm³/mol. The lowest BCUT2D eigenvalue weighted by atomic mass is 10.1. The van der Waals surface area contributed by atoms with Gasteiger partial charge in [0.2, 0.25) is 0 Å². The van der Waals surface area contributed by atoms with Crippen molar-refractivity contribution in [3.05, 3.63) is 0 Å². The molecule has 12 heavy (non-hydrogen) atoms. The molecule has 1 aliphatic heterocycles. The number of hydrogen-bond donors (Lipinski definition) is 0. The summed E-state index contributed by atoms with van der Waals surface area (Å²) in [6.07, 6.45) is 3.64. The van der Waals surface area contributed by atoms with E-state index >= 15 is 0 Å². The number of rotatable bonds is 2. The summed E-state index contributed by atoms with van der Waals surface area (Å²) in [4.78, 5) is 13.6. The zero-order chi connectivity index (χ0) is 8.55. The molecule has 3 heteroatoms. The fraction of sp³-hybridized carbons (Fsp3) is 0.889. The van der Waals surface area contributed by atoms with Crippen LogP contribution in [0.1, 0.15) is 19.3 Å². The van der Waals surface area contributed by atoms with Crippen LogP contribution in [-0.2, 0) is 9.53 Å². The van der Waals surface area contributed by atoms with Gasteiger partial charge in [0.15, 0.2) is 0 Å². The maximum Gasteiger partial charge on any atom is 0.310 e. The van der Waals surface area contributed by atoms with Crippen molar-refractivity contribution in [2.75, 3.05) is 20.2 Å². The van der Waals surface area contributed by atoms with E-state index in [1.165, 1.54) is 20.0 Å². The number of nitrogens with zero attached hydrogens (tertiary/aromatic N) is 1. The summed E-state index contributed by atoms with van der Waals surface area (Å²) >= 11 is 0. The molecule has 2 rings (SSSR count). The molecule has 0 N–H and O–H groups in total. The SMILES string of the molecule is COC(=O)[C@@H]1CCN(C2CC2)C1. The molecule has 1 saturated heterocycles. The van der Waals surface area contributed by atoms with Crippen molar-refractivity contribution in [1.82, 2.24) is 4.90 Å². The molecule has 0 aromatic heterocycles. The minimum atomic E-state index is -0.0295. The van der Waals surface area contributed by atoms with Gasteiger partial charge in [-0.2, -0.15) is 0 Å². The Kier molecular flexibility index (Phi) is 2.05. The average Bonchev–Trinajstić information content (AvgIpc) is 2.83. The second-order valence-electron chi connectivity index (χ2n) is 3.73. The Morgan fingerprint density at radius 1 is 1.42 bits per heavy atom. The molecular formula is C9H15NO2. The molecule has 1 heterocycles. The van der Waals surface area contributed by atoms with Gasteiger partial charge in [0.05, 0.1) is 13.0 Å². The van der Waals surface area contributed by atoms with Crippen LogP contribution in [0, 0.1) is 5.92 Å². The highest BCUT2D eigenvalue weighted by Crippen LogP contribution is 2.31. The highest BCUT2D eigenvalue weighted by molar-refractivity contribution is 5.72. The highest BCUT2D eigenvalue weighted by Gasteiger charge is 2.37. The Labute approximate surface area is 72.7 Å². The monoisotopic (exact) mass is 169 g/mol. The van der Waals surface area contributed by atoms with Crippen LogP contribution in [0.3, 0.4) is 0 Å². The van der Waals surface area contributed by atoms with Crippen LogP contribution < -0.4 is 0 Å². The van der Waals surface area contributed by atoms with Crippen LogP contribution in [0.25, 0.3) is 0 Å². The molecule has 1 aliphatic carbocycles. The van der Waals surface area contributed by atoms with Gasteiger partial charge in [0.25, 0.3) is 0 Å². The zero-order valence-electron chi connectivity index (χ0n) is 7.45. The fourth-order valence-electron chi connectivity index (χ4n) is 1.92. The predicted octanol–water partition coefficient (Wildman–Crippen LogP) is 0.644. The number of methoxy groups -OCH3 is 1. The first-order chi connectivity index (χ1) is 5.81. The first-order valence-electron chi connectivity index (χ1n) is 4.63. The van der Waals surface area contributed by atoms with Crippen molar-refractivity contribution < 1.29 is 9.53 Å². The molecule has 1 saturated carbocycles. The van der Waals surface area contributed by atoms with E-state index in [0.717, 1.165) is 25.6 Å². The lowest BCUT2D eigenvalue weighted by Gasteiger charge is -2.13. The van der Waals surface area contributed by atoms with E-state index in [2.05, 4.69) is 4.90 Å². The van der Waals surface area contributed by atoms with Gasteiger partial charge in [0.1, 0.15) is 0 Å². The van der Waals surface area contributed by atoms with Gasteiger partial charge >= 0.3 is 5.97 Å². The topological polar surface area (TPSA) is 29.5 Å². The minimum absolute atomic E-state index is 0.0295. The number of hydrogen-bond acceptors (Lipinski definition) is 3. The van der Waals surface area contributed by atoms with Crippen LogP contribution in [0.2, 0.25) is 0 Å². The number of likely N-dealkylation sites (tertiary alicyclic amines) is 1. The summed E-state index contributed by atoms with van der Waals surface area (Å²) in [5.41, 5.74) is 0. The van der Waals surface area contributed by atoms with Crippen LogP contribution in [0.4, 0.5) is 0 Å². The van der Waals surface area contributed by atoms with Crippen molar-refractivity contribution in [2.24, 2.45) is 5.92 Å². The summed E-state index contributed by atoms with van der Waals surface area (Å²) in [7, 11) is 1.47. The summed E-state index contributed by atoms with van der Waals surface area (Å²) in [5.74, 6) is 0.119. The molecule has 0 spiro atoms. The maximum atomic E-state index is 11.2. The third kappa shape index (κ3) is 1.46. The first kappa shape index (κ1) is 8.05. The number of carbonyl (C=O) groups excluding carboxylic acids is 1. The largest absolute Gasteiger partial charge is 0.469 e. The molecule has 0 radical (unpaired) electrons. The highest BCUT2D eigenvalue weighted by atomic mass is 16.5. The van der Waals surface area contributed by atoms with E-state index in [1.54, 1.807) is 0 Å². The Morgan fingerprint density at radius 2 is 2.17 bits per heavy atom. The molecule has 2 fully saturated rings. The van der Waals surface area contributed by atoms with Crippen molar-refractivity contribution in [3.63, 3.8) is 0 Å². The zero-order valence-corrected chi connectivity index (χ0v) is 7.45. The first-order valence-corrected chi connectivity index (χ1v) is 4.63. The summed E-state index contributed by atoms with van der Waals surface area (Å²) < 4.78 is 4.72. The van der Waals surface area contributed by atoms with Gasteiger partial charge in [-0.15, -0.1) is 0 Å². The van der Waals surface area contributed by atoms with Crippen LogP contribution >= 0.6 is 0 Å². The van der Waals surface area contributed by atoms with Crippen molar-refractivity contribution in [1.29, 1.82) is 0 Å². The fourth-order valence-corrected chi connectivity index (χ4v) is 1.92. The van der Waals surface area contributed by atoms with Crippen LogP contribution in [0.15, 0.2) is 0 Å². The van der Waals surface area contributed by atoms with Crippen molar-refractivity contribution in [2.45, 2.75) is 25.3 Å². The van der Waals surface area contributed by atoms with Gasteiger partial charge in [-0.25, -0.2) is 0 Å². The van der Waals surface area contributed by atoms with E-state index in [0.29, 0.717) is 0 Å². The van der Waals surface area contributed by atoms with Gasteiger partial charge in [-0.1, -0.05) is 0 Å². The standard InChI is InChI=1S/C9H15NO2/c1-12-9(11)7-4-5-10(6-7)8-2-3-8/h7-8H,2-6H2,1H3/t7-/m1/s1. The van der Waals surface area contributed by atoms with E-state index in [1.807, 2.05) is 0 Å². The van der Waals surface area contributed by atoms with E-state index in [4.69, 9.17) is 4.74 Å². The Balaban J connectivity index is 1.84. The third-order valence-corrected chi connectivity index (χ3v) is 2.82. The van der Waals surface area contributed by atoms with E-state index in [-0.39, 0.29) is 11.9 Å². The third-order valence-electron chi connectivity index (χ3n) is 2.82.